The molecule has 1 N–H and O–H groups in total. The third kappa shape index (κ3) is 5.86. The molecule has 0 aliphatic carbocycles. The minimum atomic E-state index is -3.76. The van der Waals surface area contributed by atoms with Crippen LogP contribution in [0.4, 0.5) is 0 Å². The normalized spacial score (nSPS) is 15.7. The number of benzene rings is 2. The molecule has 172 valence electrons. The number of hydrogen-bond acceptors (Lipinski definition) is 6. The van der Waals surface area contributed by atoms with Crippen LogP contribution in [-0.4, -0.2) is 57.5 Å². The van der Waals surface area contributed by atoms with Crippen molar-refractivity contribution in [3.63, 3.8) is 0 Å². The molecule has 0 spiro atoms. The Morgan fingerprint density at radius 1 is 1.16 bits per heavy atom. The third-order valence-corrected chi connectivity index (χ3v) is 7.27. The molecule has 1 unspecified atom stereocenters. The van der Waals surface area contributed by atoms with Gasteiger partial charge in [0.15, 0.2) is 6.61 Å². The van der Waals surface area contributed by atoms with Gasteiger partial charge in [-0.25, -0.2) is 13.2 Å². The van der Waals surface area contributed by atoms with E-state index >= 15 is 0 Å². The van der Waals surface area contributed by atoms with E-state index in [4.69, 9.17) is 21.1 Å². The molecule has 10 heteroatoms. The highest BCUT2D eigenvalue weighted by atomic mass is 35.5. The van der Waals surface area contributed by atoms with Crippen molar-refractivity contribution in [2.45, 2.75) is 24.8 Å². The first kappa shape index (κ1) is 24.2. The highest BCUT2D eigenvalue weighted by Gasteiger charge is 2.27. The van der Waals surface area contributed by atoms with Crippen LogP contribution < -0.4 is 5.32 Å². The fourth-order valence-corrected chi connectivity index (χ4v) is 4.81. The van der Waals surface area contributed by atoms with E-state index in [0.29, 0.717) is 23.8 Å². The van der Waals surface area contributed by atoms with Gasteiger partial charge in [-0.1, -0.05) is 29.8 Å². The summed E-state index contributed by atoms with van der Waals surface area (Å²) in [6.07, 6.45) is 0. The van der Waals surface area contributed by atoms with Gasteiger partial charge in [0, 0.05) is 18.1 Å². The Kier molecular flexibility index (Phi) is 7.89. The number of hydrogen-bond donors (Lipinski definition) is 1. The van der Waals surface area contributed by atoms with Gasteiger partial charge in [0.25, 0.3) is 5.91 Å². The van der Waals surface area contributed by atoms with Crippen LogP contribution in [0, 0.1) is 6.92 Å². The van der Waals surface area contributed by atoms with Gasteiger partial charge < -0.3 is 14.8 Å². The standard InChI is InChI=1S/C22H25ClN2O6S/c1-15-3-8-19(32(28,29)25-9-11-30-12-10-25)13-20(15)22(27)31-14-21(26)24-16(2)17-4-6-18(23)7-5-17/h3-8,13,16H,9-12,14H2,1-2H3,(H,24,26). The van der Waals surface area contributed by atoms with Gasteiger partial charge in [-0.3, -0.25) is 4.79 Å². The number of esters is 1. The molecule has 1 heterocycles. The molecule has 3 rings (SSSR count). The third-order valence-electron chi connectivity index (χ3n) is 5.12. The maximum atomic E-state index is 12.9. The number of halogens is 1. The van der Waals surface area contributed by atoms with Crippen molar-refractivity contribution in [1.29, 1.82) is 0 Å². The first-order valence-corrected chi connectivity index (χ1v) is 11.9. The number of sulfonamides is 1. The van der Waals surface area contributed by atoms with E-state index < -0.39 is 28.5 Å². The average Bonchev–Trinajstić information content (AvgIpc) is 2.78. The zero-order chi connectivity index (χ0) is 23.3. The van der Waals surface area contributed by atoms with E-state index in [-0.39, 0.29) is 29.6 Å². The quantitative estimate of drug-likeness (QED) is 0.611. The fraction of sp³-hybridized carbons (Fsp3) is 0.364. The van der Waals surface area contributed by atoms with Crippen LogP contribution in [0.1, 0.15) is 34.5 Å². The molecule has 0 aromatic heterocycles. The Labute approximate surface area is 192 Å². The molecule has 2 aromatic carbocycles. The number of morpholine rings is 1. The summed E-state index contributed by atoms with van der Waals surface area (Å²) >= 11 is 5.87. The molecule has 32 heavy (non-hydrogen) atoms. The SMILES string of the molecule is Cc1ccc(S(=O)(=O)N2CCOCC2)cc1C(=O)OCC(=O)NC(C)c1ccc(Cl)cc1. The minimum absolute atomic E-state index is 0.00207. The molecule has 0 bridgehead atoms. The number of ether oxygens (including phenoxy) is 2. The molecular weight excluding hydrogens is 456 g/mol. The van der Waals surface area contributed by atoms with Gasteiger partial charge in [-0.15, -0.1) is 0 Å². The van der Waals surface area contributed by atoms with Gasteiger partial charge >= 0.3 is 5.97 Å². The lowest BCUT2D eigenvalue weighted by atomic mass is 10.1. The van der Waals surface area contributed by atoms with Crippen molar-refractivity contribution in [3.05, 3.63) is 64.2 Å². The topological polar surface area (TPSA) is 102 Å². The number of carbonyl (C=O) groups excluding carboxylic acids is 2. The van der Waals surface area contributed by atoms with E-state index in [2.05, 4.69) is 5.32 Å². The Morgan fingerprint density at radius 2 is 1.81 bits per heavy atom. The monoisotopic (exact) mass is 480 g/mol. The number of amides is 1. The molecular formula is C22H25ClN2O6S. The molecule has 1 saturated heterocycles. The highest BCUT2D eigenvalue weighted by molar-refractivity contribution is 7.89. The van der Waals surface area contributed by atoms with Crippen LogP contribution in [0.2, 0.25) is 5.02 Å². The fourth-order valence-electron chi connectivity index (χ4n) is 3.24. The lowest BCUT2D eigenvalue weighted by Crippen LogP contribution is -2.40. The summed E-state index contributed by atoms with van der Waals surface area (Å²) in [5.74, 6) is -1.24. The molecule has 0 radical (unpaired) electrons. The van der Waals surface area contributed by atoms with Gasteiger partial charge in [0.2, 0.25) is 10.0 Å². The number of carbonyl (C=O) groups is 2. The van der Waals surface area contributed by atoms with E-state index in [1.165, 1.54) is 16.4 Å². The van der Waals surface area contributed by atoms with Gasteiger partial charge in [-0.05, 0) is 49.2 Å². The first-order valence-electron chi connectivity index (χ1n) is 10.1. The van der Waals surface area contributed by atoms with Crippen LogP contribution in [0.3, 0.4) is 0 Å². The summed E-state index contributed by atoms with van der Waals surface area (Å²) in [4.78, 5) is 24.8. The van der Waals surface area contributed by atoms with Crippen molar-refractivity contribution < 1.29 is 27.5 Å². The second-order valence-electron chi connectivity index (χ2n) is 7.41. The van der Waals surface area contributed by atoms with Gasteiger partial charge in [-0.2, -0.15) is 4.31 Å². The van der Waals surface area contributed by atoms with E-state index in [0.717, 1.165) is 5.56 Å². The Bertz CT molecular complexity index is 1080. The van der Waals surface area contributed by atoms with E-state index in [9.17, 15) is 18.0 Å². The molecule has 1 aliphatic rings. The lowest BCUT2D eigenvalue weighted by molar-refractivity contribution is -0.124. The van der Waals surface area contributed by atoms with Crippen molar-refractivity contribution in [2.75, 3.05) is 32.9 Å². The summed E-state index contributed by atoms with van der Waals surface area (Å²) in [6, 6.07) is 11.0. The molecule has 2 aromatic rings. The summed E-state index contributed by atoms with van der Waals surface area (Å²) in [5.41, 5.74) is 1.50. The van der Waals surface area contributed by atoms with E-state index in [1.807, 2.05) is 0 Å². The number of nitrogens with one attached hydrogen (secondary N) is 1. The Hall–Kier alpha value is -2.46. The molecule has 1 atom stereocenters. The molecule has 0 saturated carbocycles. The van der Waals surface area contributed by atoms with E-state index in [1.54, 1.807) is 44.2 Å². The Balaban J connectivity index is 1.64. The molecule has 1 aliphatic heterocycles. The smallest absolute Gasteiger partial charge is 0.338 e. The average molecular weight is 481 g/mol. The van der Waals surface area contributed by atoms with Crippen LogP contribution in [0.25, 0.3) is 0 Å². The minimum Gasteiger partial charge on any atom is -0.452 e. The lowest BCUT2D eigenvalue weighted by Gasteiger charge is -2.26. The van der Waals surface area contributed by atoms with Gasteiger partial charge in [0.05, 0.1) is 29.7 Å². The van der Waals surface area contributed by atoms with Crippen LogP contribution in [0.15, 0.2) is 47.4 Å². The summed E-state index contributed by atoms with van der Waals surface area (Å²) in [5, 5.41) is 3.33. The van der Waals surface area contributed by atoms with Crippen molar-refractivity contribution in [1.82, 2.24) is 9.62 Å². The van der Waals surface area contributed by atoms with Crippen LogP contribution in [-0.2, 0) is 24.3 Å². The summed E-state index contributed by atoms with van der Waals surface area (Å²) in [7, 11) is -3.76. The highest BCUT2D eigenvalue weighted by Crippen LogP contribution is 2.21. The second-order valence-corrected chi connectivity index (χ2v) is 9.78. The first-order chi connectivity index (χ1) is 15.2. The van der Waals surface area contributed by atoms with Crippen molar-refractivity contribution in [3.8, 4) is 0 Å². The van der Waals surface area contributed by atoms with Gasteiger partial charge in [0.1, 0.15) is 0 Å². The van der Waals surface area contributed by atoms with Crippen LogP contribution in [0.5, 0.6) is 0 Å². The number of rotatable bonds is 7. The number of aryl methyl sites for hydroxylation is 1. The maximum Gasteiger partial charge on any atom is 0.338 e. The predicted molar refractivity (Wildman–Crippen MR) is 119 cm³/mol. The predicted octanol–water partition coefficient (Wildman–Crippen LogP) is 2.70. The number of nitrogens with zero attached hydrogens (tertiary/aromatic N) is 1. The maximum absolute atomic E-state index is 12.9. The molecule has 1 amide bonds. The molecule has 1 fully saturated rings. The molecule has 8 nitrogen and oxygen atoms in total. The van der Waals surface area contributed by atoms with Crippen LogP contribution >= 0.6 is 11.6 Å². The largest absolute Gasteiger partial charge is 0.452 e. The zero-order valence-corrected chi connectivity index (χ0v) is 19.4. The zero-order valence-electron chi connectivity index (χ0n) is 17.8. The second kappa shape index (κ2) is 10.4. The Morgan fingerprint density at radius 3 is 2.47 bits per heavy atom. The van der Waals surface area contributed by atoms with Crippen molar-refractivity contribution >= 4 is 33.5 Å². The summed E-state index contributed by atoms with van der Waals surface area (Å²) in [6.45, 7) is 4.13. The van der Waals surface area contributed by atoms with Crippen molar-refractivity contribution in [2.24, 2.45) is 0 Å². The summed E-state index contributed by atoms with van der Waals surface area (Å²) < 4.78 is 37.4.